The van der Waals surface area contributed by atoms with E-state index in [4.69, 9.17) is 11.6 Å². The summed E-state index contributed by atoms with van der Waals surface area (Å²) in [7, 11) is 0. The van der Waals surface area contributed by atoms with Crippen molar-refractivity contribution in [2.75, 3.05) is 6.54 Å². The summed E-state index contributed by atoms with van der Waals surface area (Å²) in [4.78, 5) is 24.1. The number of hydrogen-bond donors (Lipinski definition) is 2. The minimum absolute atomic E-state index is 0.00307. The minimum atomic E-state index is -0.490. The van der Waals surface area contributed by atoms with Crippen LogP contribution in [0.4, 0.5) is 4.79 Å². The van der Waals surface area contributed by atoms with Gasteiger partial charge in [0.1, 0.15) is 6.04 Å². The quantitative estimate of drug-likeness (QED) is 0.727. The van der Waals surface area contributed by atoms with Crippen LogP contribution >= 0.6 is 11.6 Å². The SMILES string of the molecule is O=C1NC[C@@H](C(=O)CC(c2ccc(Cl)cc2)c2ccn3nccc3c2)N1. The Morgan fingerprint density at radius 3 is 2.77 bits per heavy atom. The van der Waals surface area contributed by atoms with Crippen LogP contribution in [0.15, 0.2) is 54.9 Å². The van der Waals surface area contributed by atoms with Crippen LogP contribution in [0.2, 0.25) is 5.02 Å². The van der Waals surface area contributed by atoms with Gasteiger partial charge in [-0.3, -0.25) is 4.79 Å². The molecule has 132 valence electrons. The van der Waals surface area contributed by atoms with Gasteiger partial charge >= 0.3 is 6.03 Å². The lowest BCUT2D eigenvalue weighted by atomic mass is 9.86. The summed E-state index contributed by atoms with van der Waals surface area (Å²) in [6.45, 7) is 0.326. The molecule has 0 bridgehead atoms. The zero-order valence-electron chi connectivity index (χ0n) is 13.9. The van der Waals surface area contributed by atoms with Crippen molar-refractivity contribution in [3.63, 3.8) is 0 Å². The van der Waals surface area contributed by atoms with Crippen LogP contribution in [0.1, 0.15) is 23.5 Å². The minimum Gasteiger partial charge on any atom is -0.336 e. The maximum atomic E-state index is 12.7. The predicted octanol–water partition coefficient (Wildman–Crippen LogP) is 2.76. The number of carbonyl (C=O) groups excluding carboxylic acids is 2. The highest BCUT2D eigenvalue weighted by Crippen LogP contribution is 2.30. The number of hydrogen-bond acceptors (Lipinski definition) is 3. The first-order chi connectivity index (χ1) is 12.6. The molecule has 1 unspecified atom stereocenters. The van der Waals surface area contributed by atoms with Crippen molar-refractivity contribution in [1.29, 1.82) is 0 Å². The highest BCUT2D eigenvalue weighted by atomic mass is 35.5. The number of benzene rings is 1. The molecule has 2 amide bonds. The number of urea groups is 1. The molecule has 0 radical (unpaired) electrons. The Bertz CT molecular complexity index is 967. The van der Waals surface area contributed by atoms with Crippen LogP contribution < -0.4 is 10.6 Å². The molecule has 2 aromatic heterocycles. The Balaban J connectivity index is 1.67. The molecule has 0 aliphatic carbocycles. The molecule has 3 heterocycles. The highest BCUT2D eigenvalue weighted by molar-refractivity contribution is 6.30. The predicted molar refractivity (Wildman–Crippen MR) is 98.4 cm³/mol. The zero-order chi connectivity index (χ0) is 18.1. The number of amides is 2. The van der Waals surface area contributed by atoms with Crippen molar-refractivity contribution in [3.05, 3.63) is 71.0 Å². The summed E-state index contributed by atoms with van der Waals surface area (Å²) >= 11 is 6.02. The third kappa shape index (κ3) is 3.28. The van der Waals surface area contributed by atoms with Gasteiger partial charge < -0.3 is 10.6 Å². The molecule has 2 N–H and O–H groups in total. The molecular weight excluding hydrogens is 352 g/mol. The van der Waals surface area contributed by atoms with Gasteiger partial charge in [0, 0.05) is 36.3 Å². The van der Waals surface area contributed by atoms with E-state index in [0.717, 1.165) is 16.6 Å². The lowest BCUT2D eigenvalue weighted by Crippen LogP contribution is -2.35. The Labute approximate surface area is 155 Å². The van der Waals surface area contributed by atoms with Gasteiger partial charge in [-0.15, -0.1) is 0 Å². The Morgan fingerprint density at radius 2 is 2.04 bits per heavy atom. The average Bonchev–Trinajstić information content (AvgIpc) is 3.28. The molecule has 3 aromatic rings. The normalized spacial score (nSPS) is 17.7. The van der Waals surface area contributed by atoms with E-state index >= 15 is 0 Å². The Hall–Kier alpha value is -2.86. The molecule has 1 aliphatic heterocycles. The maximum absolute atomic E-state index is 12.7. The van der Waals surface area contributed by atoms with Crippen LogP contribution in [0.25, 0.3) is 5.52 Å². The van der Waals surface area contributed by atoms with E-state index in [0.29, 0.717) is 18.0 Å². The lowest BCUT2D eigenvalue weighted by Gasteiger charge is -2.19. The topological polar surface area (TPSA) is 75.5 Å². The summed E-state index contributed by atoms with van der Waals surface area (Å²) < 4.78 is 1.78. The van der Waals surface area contributed by atoms with Crippen LogP contribution in [0.5, 0.6) is 0 Å². The van der Waals surface area contributed by atoms with Crippen molar-refractivity contribution >= 4 is 28.9 Å². The second-order valence-electron chi connectivity index (χ2n) is 6.34. The Kier molecular flexibility index (Phi) is 4.34. The summed E-state index contributed by atoms with van der Waals surface area (Å²) in [5.74, 6) is -0.131. The van der Waals surface area contributed by atoms with E-state index in [-0.39, 0.29) is 17.7 Å². The zero-order valence-corrected chi connectivity index (χ0v) is 14.6. The van der Waals surface area contributed by atoms with Crippen molar-refractivity contribution < 1.29 is 9.59 Å². The molecule has 0 saturated carbocycles. The Morgan fingerprint density at radius 1 is 1.23 bits per heavy atom. The fourth-order valence-corrected chi connectivity index (χ4v) is 3.40. The fraction of sp³-hybridized carbons (Fsp3) is 0.211. The molecule has 0 spiro atoms. The van der Waals surface area contributed by atoms with Crippen molar-refractivity contribution in [2.45, 2.75) is 18.4 Å². The largest absolute Gasteiger partial charge is 0.336 e. The smallest absolute Gasteiger partial charge is 0.315 e. The number of aromatic nitrogens is 2. The van der Waals surface area contributed by atoms with Crippen LogP contribution in [0, 0.1) is 0 Å². The number of carbonyl (C=O) groups is 2. The first kappa shape index (κ1) is 16.6. The molecule has 1 saturated heterocycles. The number of rotatable bonds is 5. The number of ketones is 1. The molecule has 2 atom stereocenters. The van der Waals surface area contributed by atoms with E-state index in [1.165, 1.54) is 0 Å². The van der Waals surface area contributed by atoms with Gasteiger partial charge in [0.05, 0.1) is 5.52 Å². The van der Waals surface area contributed by atoms with E-state index in [2.05, 4.69) is 15.7 Å². The van der Waals surface area contributed by atoms with Gasteiger partial charge in [-0.2, -0.15) is 5.10 Å². The van der Waals surface area contributed by atoms with Crippen LogP contribution in [-0.4, -0.2) is 34.0 Å². The molecule has 4 rings (SSSR count). The van der Waals surface area contributed by atoms with E-state index in [1.54, 1.807) is 10.7 Å². The van der Waals surface area contributed by atoms with E-state index < -0.39 is 6.04 Å². The van der Waals surface area contributed by atoms with Gasteiger partial charge in [-0.05, 0) is 41.5 Å². The summed E-state index contributed by atoms with van der Waals surface area (Å²) in [5, 5.41) is 10.2. The van der Waals surface area contributed by atoms with Gasteiger partial charge in [0.2, 0.25) is 0 Å². The number of fused-ring (bicyclic) bond motifs is 1. The summed E-state index contributed by atoms with van der Waals surface area (Å²) in [6, 6.07) is 12.7. The molecule has 6 nitrogen and oxygen atoms in total. The number of Topliss-reactive ketones (excluding diaryl/α,β-unsaturated/α-hetero) is 1. The average molecular weight is 369 g/mol. The number of nitrogens with one attached hydrogen (secondary N) is 2. The third-order valence-electron chi connectivity index (χ3n) is 4.66. The molecule has 26 heavy (non-hydrogen) atoms. The van der Waals surface area contributed by atoms with E-state index in [9.17, 15) is 9.59 Å². The summed E-state index contributed by atoms with van der Waals surface area (Å²) in [6.07, 6.45) is 3.91. The first-order valence-corrected chi connectivity index (χ1v) is 8.74. The highest BCUT2D eigenvalue weighted by Gasteiger charge is 2.29. The third-order valence-corrected chi connectivity index (χ3v) is 4.92. The fourth-order valence-electron chi connectivity index (χ4n) is 3.27. The van der Waals surface area contributed by atoms with Crippen molar-refractivity contribution in [2.24, 2.45) is 0 Å². The first-order valence-electron chi connectivity index (χ1n) is 8.36. The molecule has 1 aromatic carbocycles. The maximum Gasteiger partial charge on any atom is 0.315 e. The van der Waals surface area contributed by atoms with Gasteiger partial charge in [-0.25, -0.2) is 9.31 Å². The van der Waals surface area contributed by atoms with Gasteiger partial charge in [0.25, 0.3) is 0 Å². The standard InChI is InChI=1S/C19H17ClN4O2/c20-14-3-1-12(2-4-14)16(10-18(25)17-11-21-19(26)23-17)13-6-8-24-15(9-13)5-7-22-24/h1-9,16-17H,10-11H2,(H2,21,23,26)/t16?,17-/m0/s1. The van der Waals surface area contributed by atoms with Crippen molar-refractivity contribution in [1.82, 2.24) is 20.2 Å². The molecule has 1 aliphatic rings. The van der Waals surface area contributed by atoms with Gasteiger partial charge in [0.15, 0.2) is 5.78 Å². The second-order valence-corrected chi connectivity index (χ2v) is 6.78. The van der Waals surface area contributed by atoms with Gasteiger partial charge in [-0.1, -0.05) is 23.7 Å². The number of halogens is 1. The number of pyridine rings is 1. The lowest BCUT2D eigenvalue weighted by molar-refractivity contribution is -0.120. The second kappa shape index (κ2) is 6.80. The van der Waals surface area contributed by atoms with Crippen molar-refractivity contribution in [3.8, 4) is 0 Å². The van der Waals surface area contributed by atoms with E-state index in [1.807, 2.05) is 48.7 Å². The number of nitrogens with zero attached hydrogens (tertiary/aromatic N) is 2. The summed E-state index contributed by atoms with van der Waals surface area (Å²) in [5.41, 5.74) is 2.99. The molecule has 7 heteroatoms. The monoisotopic (exact) mass is 368 g/mol. The molecule has 1 fully saturated rings. The van der Waals surface area contributed by atoms with Crippen LogP contribution in [0.3, 0.4) is 0 Å². The van der Waals surface area contributed by atoms with Crippen LogP contribution in [-0.2, 0) is 4.79 Å². The molecular formula is C19H17ClN4O2.